The molecule has 0 aromatic carbocycles. The number of carbonyl (C=O) groups excluding carboxylic acids is 1. The second kappa shape index (κ2) is 8.17. The van der Waals surface area contributed by atoms with Crippen molar-refractivity contribution >= 4 is 49.6 Å². The molecule has 0 saturated heterocycles. The van der Waals surface area contributed by atoms with E-state index in [0.29, 0.717) is 12.8 Å². The van der Waals surface area contributed by atoms with E-state index in [0.717, 1.165) is 12.7 Å². The lowest BCUT2D eigenvalue weighted by molar-refractivity contribution is -0.116. The van der Waals surface area contributed by atoms with Crippen LogP contribution in [0.15, 0.2) is 41.8 Å². The summed E-state index contributed by atoms with van der Waals surface area (Å²) in [6, 6.07) is 12.7. The average Bonchev–Trinajstić information content (AvgIpc) is 3.29. The summed E-state index contributed by atoms with van der Waals surface area (Å²) in [5, 5.41) is 1.22. The Morgan fingerprint density at radius 1 is 1.00 bits per heavy atom. The standard InChI is InChI=1S/C19H20O3S4/c1-13(20)19(26(2,21)22)7-3-5-14-8-9-17(24-14)18-11-10-16(25-18)15-6-4-12-23-15/h4,6,8-12,19H,3,5,7H2,1-2H3. The highest BCUT2D eigenvalue weighted by molar-refractivity contribution is 7.92. The lowest BCUT2D eigenvalue weighted by Gasteiger charge is -2.10. The zero-order valence-corrected chi connectivity index (χ0v) is 17.9. The first-order valence-electron chi connectivity index (χ1n) is 8.26. The van der Waals surface area contributed by atoms with E-state index in [4.69, 9.17) is 0 Å². The van der Waals surface area contributed by atoms with Crippen LogP contribution in [0.25, 0.3) is 19.5 Å². The fourth-order valence-corrected chi connectivity index (χ4v) is 7.02. The van der Waals surface area contributed by atoms with E-state index in [1.165, 1.54) is 31.3 Å². The fraction of sp³-hybridized carbons (Fsp3) is 0.316. The summed E-state index contributed by atoms with van der Waals surface area (Å²) in [7, 11) is -3.32. The van der Waals surface area contributed by atoms with Crippen LogP contribution >= 0.6 is 34.0 Å². The van der Waals surface area contributed by atoms with Gasteiger partial charge in [-0.1, -0.05) is 6.07 Å². The minimum atomic E-state index is -3.32. The molecule has 26 heavy (non-hydrogen) atoms. The molecule has 3 nitrogen and oxygen atoms in total. The molecule has 1 unspecified atom stereocenters. The van der Waals surface area contributed by atoms with Gasteiger partial charge in [0.15, 0.2) is 9.84 Å². The first-order chi connectivity index (χ1) is 12.3. The van der Waals surface area contributed by atoms with Crippen LogP contribution in [-0.4, -0.2) is 25.7 Å². The molecule has 3 aromatic heterocycles. The zero-order chi connectivity index (χ0) is 18.7. The molecule has 0 aliphatic heterocycles. The van der Waals surface area contributed by atoms with Crippen molar-refractivity contribution in [2.45, 2.75) is 31.4 Å². The predicted octanol–water partition coefficient (Wildman–Crippen LogP) is 5.53. The summed E-state index contributed by atoms with van der Waals surface area (Å²) < 4.78 is 23.4. The molecule has 7 heteroatoms. The van der Waals surface area contributed by atoms with Crippen LogP contribution in [0, 0.1) is 0 Å². The minimum Gasteiger partial charge on any atom is -0.299 e. The Kier molecular flexibility index (Phi) is 6.12. The molecule has 0 aliphatic rings. The van der Waals surface area contributed by atoms with Gasteiger partial charge in [0.2, 0.25) is 0 Å². The van der Waals surface area contributed by atoms with Crippen LogP contribution in [0.3, 0.4) is 0 Å². The van der Waals surface area contributed by atoms with Crippen LogP contribution in [0.1, 0.15) is 24.6 Å². The molecule has 0 aliphatic carbocycles. The van der Waals surface area contributed by atoms with Crippen molar-refractivity contribution in [3.8, 4) is 19.5 Å². The Labute approximate surface area is 166 Å². The number of carbonyl (C=O) groups is 1. The van der Waals surface area contributed by atoms with Gasteiger partial charge in [-0.3, -0.25) is 4.79 Å². The van der Waals surface area contributed by atoms with Crippen LogP contribution < -0.4 is 0 Å². The van der Waals surface area contributed by atoms with Gasteiger partial charge in [0.25, 0.3) is 0 Å². The number of aryl methyl sites for hydroxylation is 1. The lowest BCUT2D eigenvalue weighted by Crippen LogP contribution is -2.27. The molecule has 0 radical (unpaired) electrons. The maximum absolute atomic E-state index is 11.7. The smallest absolute Gasteiger partial charge is 0.157 e. The summed E-state index contributed by atoms with van der Waals surface area (Å²) in [5.74, 6) is -0.265. The third-order valence-corrected chi connectivity index (χ3v) is 9.23. The molecule has 0 spiro atoms. The normalized spacial score (nSPS) is 13.0. The highest BCUT2D eigenvalue weighted by Crippen LogP contribution is 2.39. The Balaban J connectivity index is 1.63. The van der Waals surface area contributed by atoms with Crippen molar-refractivity contribution in [1.82, 2.24) is 0 Å². The highest BCUT2D eigenvalue weighted by atomic mass is 32.2. The average molecular weight is 425 g/mol. The van der Waals surface area contributed by atoms with Gasteiger partial charge in [0.05, 0.1) is 0 Å². The number of sulfone groups is 1. The second-order valence-electron chi connectivity index (χ2n) is 6.23. The van der Waals surface area contributed by atoms with Crippen LogP contribution in [-0.2, 0) is 21.1 Å². The predicted molar refractivity (Wildman–Crippen MR) is 113 cm³/mol. The van der Waals surface area contributed by atoms with Crippen LogP contribution in [0.2, 0.25) is 0 Å². The number of ketones is 1. The highest BCUT2D eigenvalue weighted by Gasteiger charge is 2.24. The second-order valence-corrected chi connectivity index (χ2v) is 11.7. The van der Waals surface area contributed by atoms with E-state index < -0.39 is 15.1 Å². The van der Waals surface area contributed by atoms with Crippen molar-refractivity contribution in [1.29, 1.82) is 0 Å². The first kappa shape index (κ1) is 19.5. The SMILES string of the molecule is CC(=O)C(CCCc1ccc(-c2ccc(-c3cccs3)s2)s1)S(C)(=O)=O. The topological polar surface area (TPSA) is 51.2 Å². The molecular weight excluding hydrogens is 404 g/mol. The molecule has 0 N–H and O–H groups in total. The van der Waals surface area contributed by atoms with Gasteiger partial charge in [-0.05, 0) is 61.9 Å². The van der Waals surface area contributed by atoms with E-state index in [9.17, 15) is 13.2 Å². The van der Waals surface area contributed by atoms with Gasteiger partial charge < -0.3 is 0 Å². The molecule has 0 bridgehead atoms. The largest absolute Gasteiger partial charge is 0.299 e. The van der Waals surface area contributed by atoms with E-state index >= 15 is 0 Å². The van der Waals surface area contributed by atoms with Gasteiger partial charge in [0, 0.05) is 30.6 Å². The summed E-state index contributed by atoms with van der Waals surface area (Å²) >= 11 is 5.28. The van der Waals surface area contributed by atoms with Gasteiger partial charge >= 0.3 is 0 Å². The molecule has 0 fully saturated rings. The Bertz CT molecular complexity index is 978. The molecule has 0 amide bonds. The van der Waals surface area contributed by atoms with Crippen molar-refractivity contribution in [2.75, 3.05) is 6.26 Å². The van der Waals surface area contributed by atoms with Gasteiger partial charge in [-0.25, -0.2) is 8.42 Å². The number of hydrogen-bond donors (Lipinski definition) is 0. The maximum atomic E-state index is 11.7. The maximum Gasteiger partial charge on any atom is 0.157 e. The van der Waals surface area contributed by atoms with Crippen molar-refractivity contribution in [2.24, 2.45) is 0 Å². The minimum absolute atomic E-state index is 0.265. The van der Waals surface area contributed by atoms with Crippen molar-refractivity contribution in [3.63, 3.8) is 0 Å². The fourth-order valence-electron chi connectivity index (χ4n) is 2.85. The Hall–Kier alpha value is -1.28. The van der Waals surface area contributed by atoms with E-state index in [-0.39, 0.29) is 5.78 Å². The molecule has 3 aromatic rings. The Morgan fingerprint density at radius 2 is 1.65 bits per heavy atom. The van der Waals surface area contributed by atoms with Gasteiger partial charge in [-0.15, -0.1) is 34.0 Å². The number of thiophene rings is 3. The van der Waals surface area contributed by atoms with Crippen LogP contribution in [0.4, 0.5) is 0 Å². The third kappa shape index (κ3) is 4.71. The summed E-state index contributed by atoms with van der Waals surface area (Å²) in [5.41, 5.74) is 0. The van der Waals surface area contributed by atoms with Crippen molar-refractivity contribution in [3.05, 3.63) is 46.7 Å². The number of Topliss-reactive ketones (excluding diaryl/α,β-unsaturated/α-hetero) is 1. The van der Waals surface area contributed by atoms with E-state index in [1.54, 1.807) is 34.0 Å². The third-order valence-electron chi connectivity index (χ3n) is 4.13. The quantitative estimate of drug-likeness (QED) is 0.478. The lowest BCUT2D eigenvalue weighted by atomic mass is 10.1. The molecule has 138 valence electrons. The molecular formula is C19H20O3S4. The first-order valence-corrected chi connectivity index (χ1v) is 12.7. The van der Waals surface area contributed by atoms with E-state index in [1.807, 2.05) is 0 Å². The van der Waals surface area contributed by atoms with Gasteiger partial charge in [-0.2, -0.15) is 0 Å². The Morgan fingerprint density at radius 3 is 2.27 bits per heavy atom. The van der Waals surface area contributed by atoms with Crippen LogP contribution in [0.5, 0.6) is 0 Å². The van der Waals surface area contributed by atoms with Crippen molar-refractivity contribution < 1.29 is 13.2 Å². The molecule has 0 saturated carbocycles. The zero-order valence-electron chi connectivity index (χ0n) is 14.6. The molecule has 1 atom stereocenters. The number of rotatable bonds is 8. The molecule has 3 rings (SSSR count). The summed E-state index contributed by atoms with van der Waals surface area (Å²) in [4.78, 5) is 17.8. The summed E-state index contributed by atoms with van der Waals surface area (Å²) in [6.45, 7) is 1.36. The monoisotopic (exact) mass is 424 g/mol. The number of hydrogen-bond acceptors (Lipinski definition) is 6. The molecule has 3 heterocycles. The van der Waals surface area contributed by atoms with Gasteiger partial charge in [0.1, 0.15) is 11.0 Å². The van der Waals surface area contributed by atoms with E-state index in [2.05, 4.69) is 41.8 Å². The summed E-state index contributed by atoms with van der Waals surface area (Å²) in [6.07, 6.45) is 3.03.